The van der Waals surface area contributed by atoms with Gasteiger partial charge in [-0.1, -0.05) is 0 Å². The summed E-state index contributed by atoms with van der Waals surface area (Å²) < 4.78 is 1.81. The molecule has 2 aromatic heterocycles. The highest BCUT2D eigenvalue weighted by molar-refractivity contribution is 7.15. The summed E-state index contributed by atoms with van der Waals surface area (Å²) in [5, 5.41) is 20.9. The van der Waals surface area contributed by atoms with Gasteiger partial charge >= 0.3 is 0 Å². The van der Waals surface area contributed by atoms with Crippen LogP contribution in [0, 0.1) is 5.92 Å². The first-order chi connectivity index (χ1) is 9.19. The van der Waals surface area contributed by atoms with Crippen molar-refractivity contribution in [2.75, 3.05) is 19.7 Å². The Morgan fingerprint density at radius 1 is 1.58 bits per heavy atom. The SMILES string of the molecule is O=C(c1cn2ccsc2n1)N1CC[C@@H](CO)[C@H](O)C1. The Bertz CT molecular complexity index is 565. The molecule has 19 heavy (non-hydrogen) atoms. The van der Waals surface area contributed by atoms with E-state index in [0.29, 0.717) is 18.7 Å². The van der Waals surface area contributed by atoms with Crippen molar-refractivity contribution in [3.8, 4) is 0 Å². The van der Waals surface area contributed by atoms with Gasteiger partial charge in [-0.05, 0) is 6.42 Å². The van der Waals surface area contributed by atoms with Gasteiger partial charge in [0, 0.05) is 43.4 Å². The molecule has 102 valence electrons. The van der Waals surface area contributed by atoms with Crippen molar-refractivity contribution < 1.29 is 15.0 Å². The lowest BCUT2D eigenvalue weighted by atomic mass is 9.94. The summed E-state index contributed by atoms with van der Waals surface area (Å²) in [6.07, 6.45) is 3.52. The number of thiazole rings is 1. The second-order valence-electron chi connectivity index (χ2n) is 4.77. The molecule has 1 saturated heterocycles. The minimum Gasteiger partial charge on any atom is -0.396 e. The highest BCUT2D eigenvalue weighted by Crippen LogP contribution is 2.20. The molecule has 0 spiro atoms. The number of fused-ring (bicyclic) bond motifs is 1. The van der Waals surface area contributed by atoms with Crippen LogP contribution in [0.2, 0.25) is 0 Å². The monoisotopic (exact) mass is 281 g/mol. The number of amides is 1. The molecule has 1 fully saturated rings. The number of carbonyl (C=O) groups excluding carboxylic acids is 1. The molecule has 7 heteroatoms. The Hall–Kier alpha value is -1.44. The van der Waals surface area contributed by atoms with E-state index in [0.717, 1.165) is 4.96 Å². The first-order valence-electron chi connectivity index (χ1n) is 6.19. The summed E-state index contributed by atoms with van der Waals surface area (Å²) in [5.74, 6) is -0.291. The summed E-state index contributed by atoms with van der Waals surface area (Å²) in [4.78, 5) is 18.9. The summed E-state index contributed by atoms with van der Waals surface area (Å²) in [5.41, 5.74) is 0.404. The van der Waals surface area contributed by atoms with E-state index in [-0.39, 0.29) is 25.0 Å². The maximum atomic E-state index is 12.3. The standard InChI is InChI=1S/C12H15N3O3S/c16-7-8-1-2-14(6-10(8)17)11(18)9-5-15-3-4-19-12(15)13-9/h3-5,8,10,16-17H,1-2,6-7H2/t8-,10+/m0/s1. The molecule has 6 nitrogen and oxygen atoms in total. The van der Waals surface area contributed by atoms with Gasteiger partial charge in [0.2, 0.25) is 0 Å². The lowest BCUT2D eigenvalue weighted by Gasteiger charge is -2.34. The Balaban J connectivity index is 1.75. The molecule has 0 aromatic carbocycles. The lowest BCUT2D eigenvalue weighted by molar-refractivity contribution is 0.000685. The predicted molar refractivity (Wildman–Crippen MR) is 70.2 cm³/mol. The van der Waals surface area contributed by atoms with Crippen LogP contribution in [0.3, 0.4) is 0 Å². The average Bonchev–Trinajstić information content (AvgIpc) is 2.98. The number of nitrogens with zero attached hydrogens (tertiary/aromatic N) is 3. The Morgan fingerprint density at radius 3 is 3.11 bits per heavy atom. The first-order valence-corrected chi connectivity index (χ1v) is 7.07. The molecular weight excluding hydrogens is 266 g/mol. The van der Waals surface area contributed by atoms with E-state index in [1.54, 1.807) is 11.1 Å². The third-order valence-electron chi connectivity index (χ3n) is 3.56. The summed E-state index contributed by atoms with van der Waals surface area (Å²) in [6, 6.07) is 0. The van der Waals surface area contributed by atoms with Gasteiger partial charge in [0.15, 0.2) is 4.96 Å². The molecule has 1 aliphatic rings. The number of imidazole rings is 1. The fourth-order valence-electron chi connectivity index (χ4n) is 2.37. The van der Waals surface area contributed by atoms with E-state index in [2.05, 4.69) is 4.98 Å². The van der Waals surface area contributed by atoms with Crippen molar-refractivity contribution in [1.29, 1.82) is 0 Å². The van der Waals surface area contributed by atoms with Gasteiger partial charge < -0.3 is 15.1 Å². The largest absolute Gasteiger partial charge is 0.396 e. The molecule has 2 atom stereocenters. The smallest absolute Gasteiger partial charge is 0.274 e. The van der Waals surface area contributed by atoms with Crippen LogP contribution in [0.1, 0.15) is 16.9 Å². The second-order valence-corrected chi connectivity index (χ2v) is 5.64. The molecule has 0 radical (unpaired) electrons. The minimum absolute atomic E-state index is 0.0383. The number of hydrogen-bond acceptors (Lipinski definition) is 5. The van der Waals surface area contributed by atoms with Crippen LogP contribution >= 0.6 is 11.3 Å². The number of likely N-dealkylation sites (tertiary alicyclic amines) is 1. The van der Waals surface area contributed by atoms with E-state index < -0.39 is 6.10 Å². The van der Waals surface area contributed by atoms with Gasteiger partial charge in [-0.2, -0.15) is 0 Å². The zero-order chi connectivity index (χ0) is 13.4. The Morgan fingerprint density at radius 2 is 2.42 bits per heavy atom. The van der Waals surface area contributed by atoms with Gasteiger partial charge in [0.25, 0.3) is 5.91 Å². The summed E-state index contributed by atoms with van der Waals surface area (Å²) in [6.45, 7) is 0.769. The van der Waals surface area contributed by atoms with Crippen LogP contribution in [0.25, 0.3) is 4.96 Å². The number of hydrogen-bond donors (Lipinski definition) is 2. The van der Waals surface area contributed by atoms with Gasteiger partial charge in [0.05, 0.1) is 6.10 Å². The Kier molecular flexibility index (Phi) is 3.26. The summed E-state index contributed by atoms with van der Waals surface area (Å²) in [7, 11) is 0. The maximum Gasteiger partial charge on any atom is 0.274 e. The molecule has 0 saturated carbocycles. The van der Waals surface area contributed by atoms with Gasteiger partial charge in [-0.15, -0.1) is 11.3 Å². The molecule has 0 bridgehead atoms. The van der Waals surface area contributed by atoms with Crippen molar-refractivity contribution in [2.24, 2.45) is 5.92 Å². The van der Waals surface area contributed by atoms with Gasteiger partial charge in [0.1, 0.15) is 5.69 Å². The molecule has 1 aliphatic heterocycles. The third-order valence-corrected chi connectivity index (χ3v) is 4.33. The van der Waals surface area contributed by atoms with Crippen molar-refractivity contribution >= 4 is 22.2 Å². The number of rotatable bonds is 2. The van der Waals surface area contributed by atoms with E-state index in [4.69, 9.17) is 5.11 Å². The number of aliphatic hydroxyl groups excluding tert-OH is 2. The first kappa shape index (κ1) is 12.6. The molecule has 0 aliphatic carbocycles. The van der Waals surface area contributed by atoms with Crippen molar-refractivity contribution in [3.63, 3.8) is 0 Å². The van der Waals surface area contributed by atoms with Crippen LogP contribution < -0.4 is 0 Å². The third kappa shape index (κ3) is 2.24. The molecule has 0 unspecified atom stereocenters. The van der Waals surface area contributed by atoms with E-state index in [1.165, 1.54) is 11.3 Å². The van der Waals surface area contributed by atoms with Crippen molar-refractivity contribution in [2.45, 2.75) is 12.5 Å². The van der Waals surface area contributed by atoms with E-state index in [9.17, 15) is 9.90 Å². The fraction of sp³-hybridized carbons (Fsp3) is 0.500. The van der Waals surface area contributed by atoms with Crippen molar-refractivity contribution in [3.05, 3.63) is 23.5 Å². The fourth-order valence-corrected chi connectivity index (χ4v) is 3.07. The molecule has 3 rings (SSSR count). The quantitative estimate of drug-likeness (QED) is 0.825. The average molecular weight is 281 g/mol. The maximum absolute atomic E-state index is 12.3. The molecule has 3 heterocycles. The van der Waals surface area contributed by atoms with Gasteiger partial charge in [-0.25, -0.2) is 4.98 Å². The zero-order valence-corrected chi connectivity index (χ0v) is 11.1. The van der Waals surface area contributed by atoms with Crippen LogP contribution in [-0.4, -0.2) is 56.2 Å². The van der Waals surface area contributed by atoms with Crippen molar-refractivity contribution in [1.82, 2.24) is 14.3 Å². The molecular formula is C12H15N3O3S. The Labute approximate surface area is 113 Å². The highest BCUT2D eigenvalue weighted by Gasteiger charge is 2.30. The molecule has 2 aromatic rings. The number of β-amino-alcohol motifs (C(OH)–C–C–N with tert-alkyl or cyclic N) is 1. The lowest BCUT2D eigenvalue weighted by Crippen LogP contribution is -2.47. The van der Waals surface area contributed by atoms with Crippen LogP contribution in [-0.2, 0) is 0 Å². The summed E-state index contributed by atoms with van der Waals surface area (Å²) >= 11 is 1.48. The molecule has 2 N–H and O–H groups in total. The number of piperidine rings is 1. The minimum atomic E-state index is -0.661. The predicted octanol–water partition coefficient (Wildman–Crippen LogP) is 0.211. The second kappa shape index (κ2) is 4.92. The van der Waals surface area contributed by atoms with Crippen LogP contribution in [0.15, 0.2) is 17.8 Å². The van der Waals surface area contributed by atoms with E-state index in [1.807, 2.05) is 16.0 Å². The van der Waals surface area contributed by atoms with E-state index >= 15 is 0 Å². The highest BCUT2D eigenvalue weighted by atomic mass is 32.1. The topological polar surface area (TPSA) is 78.1 Å². The number of aromatic nitrogens is 2. The normalized spacial score (nSPS) is 24.0. The van der Waals surface area contributed by atoms with Crippen LogP contribution in [0.5, 0.6) is 0 Å². The van der Waals surface area contributed by atoms with Crippen LogP contribution in [0.4, 0.5) is 0 Å². The number of aliphatic hydroxyl groups is 2. The zero-order valence-electron chi connectivity index (χ0n) is 10.3. The van der Waals surface area contributed by atoms with Gasteiger partial charge in [-0.3, -0.25) is 9.20 Å². The molecule has 1 amide bonds. The number of carbonyl (C=O) groups is 1.